The molecule has 1 saturated carbocycles. The maximum atomic E-state index is 13.0. The minimum Gasteiger partial charge on any atom is -0.472 e. The predicted octanol–water partition coefficient (Wildman–Crippen LogP) is 2.95. The Balaban J connectivity index is 1.79. The number of furan rings is 1. The van der Waals surface area contributed by atoms with E-state index in [0.717, 1.165) is 12.0 Å². The highest BCUT2D eigenvalue weighted by molar-refractivity contribution is 5.93. The Hall–Kier alpha value is -1.88. The van der Waals surface area contributed by atoms with Crippen LogP contribution in [-0.4, -0.2) is 22.5 Å². The normalized spacial score (nSPS) is 42.0. The summed E-state index contributed by atoms with van der Waals surface area (Å²) < 4.78 is 10.8. The lowest BCUT2D eigenvalue weighted by Gasteiger charge is -2.53. The number of carbonyl (C=O) groups excluding carboxylic acids is 2. The van der Waals surface area contributed by atoms with Crippen molar-refractivity contribution in [1.82, 2.24) is 0 Å². The van der Waals surface area contributed by atoms with Crippen LogP contribution >= 0.6 is 0 Å². The first-order valence-electron chi connectivity index (χ1n) is 8.55. The number of esters is 1. The molecule has 1 spiro atoms. The summed E-state index contributed by atoms with van der Waals surface area (Å²) in [6, 6.07) is 1.80. The first kappa shape index (κ1) is 15.6. The number of carbonyl (C=O) groups is 2. The van der Waals surface area contributed by atoms with E-state index in [9.17, 15) is 14.7 Å². The molecule has 0 amide bonds. The topological polar surface area (TPSA) is 76.7 Å². The van der Waals surface area contributed by atoms with E-state index in [0.29, 0.717) is 18.4 Å². The Morgan fingerprint density at radius 2 is 2.12 bits per heavy atom. The molecule has 1 saturated heterocycles. The molecule has 0 unspecified atom stereocenters. The van der Waals surface area contributed by atoms with Gasteiger partial charge in [0.25, 0.3) is 0 Å². The third-order valence-electron chi connectivity index (χ3n) is 6.57. The van der Waals surface area contributed by atoms with Crippen molar-refractivity contribution < 1.29 is 23.8 Å². The number of hydrogen-bond acceptors (Lipinski definition) is 5. The molecule has 5 heteroatoms. The number of hydrogen-bond donors (Lipinski definition) is 1. The summed E-state index contributed by atoms with van der Waals surface area (Å²) in [5.74, 6) is -0.663. The van der Waals surface area contributed by atoms with Crippen LogP contribution in [0.3, 0.4) is 0 Å². The van der Waals surface area contributed by atoms with Crippen LogP contribution in [-0.2, 0) is 14.3 Å². The van der Waals surface area contributed by atoms with Gasteiger partial charge in [0.15, 0.2) is 5.78 Å². The van der Waals surface area contributed by atoms with Crippen LogP contribution in [0.15, 0.2) is 34.7 Å². The van der Waals surface area contributed by atoms with Crippen LogP contribution in [0.25, 0.3) is 0 Å². The highest BCUT2D eigenvalue weighted by Crippen LogP contribution is 2.62. The minimum atomic E-state index is -1.09. The van der Waals surface area contributed by atoms with Gasteiger partial charge in [0, 0.05) is 24.3 Å². The van der Waals surface area contributed by atoms with Crippen molar-refractivity contribution in [2.75, 3.05) is 0 Å². The standard InChI is InChI=1S/C19H22O5/c1-11-3-5-19(22)12(2)7-14(20)8-16(19)18(11)9-15(24-17(18)21)13-4-6-23-10-13/h4,6-7,10-11,15-16,22H,3,5,8-9H2,1-2H3/t11-,15+,16-,18+,19-/m0/s1. The van der Waals surface area contributed by atoms with Gasteiger partial charge in [-0.15, -0.1) is 0 Å². The summed E-state index contributed by atoms with van der Waals surface area (Å²) in [6.07, 6.45) is 6.32. The Bertz CT molecular complexity index is 718. The molecule has 1 aromatic heterocycles. The summed E-state index contributed by atoms with van der Waals surface area (Å²) in [5, 5.41) is 11.3. The largest absolute Gasteiger partial charge is 0.472 e. The van der Waals surface area contributed by atoms with Crippen LogP contribution in [0.1, 0.15) is 51.2 Å². The van der Waals surface area contributed by atoms with Crippen LogP contribution in [0.2, 0.25) is 0 Å². The quantitative estimate of drug-likeness (QED) is 0.801. The summed E-state index contributed by atoms with van der Waals surface area (Å²) in [4.78, 5) is 25.2. The number of allylic oxidation sites excluding steroid dienone is 1. The van der Waals surface area contributed by atoms with Crippen molar-refractivity contribution in [3.63, 3.8) is 0 Å². The molecule has 0 radical (unpaired) electrons. The fraction of sp³-hybridized carbons (Fsp3) is 0.579. The maximum Gasteiger partial charge on any atom is 0.313 e. The van der Waals surface area contributed by atoms with Crippen LogP contribution in [0.5, 0.6) is 0 Å². The lowest BCUT2D eigenvalue weighted by molar-refractivity contribution is -0.170. The van der Waals surface area contributed by atoms with Crippen molar-refractivity contribution in [3.8, 4) is 0 Å². The van der Waals surface area contributed by atoms with Crippen molar-refractivity contribution in [2.45, 2.75) is 51.2 Å². The summed E-state index contributed by atoms with van der Waals surface area (Å²) in [5.41, 5.74) is -0.407. The van der Waals surface area contributed by atoms with Crippen molar-refractivity contribution in [3.05, 3.63) is 35.8 Å². The number of fused-ring (bicyclic) bond motifs is 2. The molecule has 24 heavy (non-hydrogen) atoms. The molecule has 128 valence electrons. The van der Waals surface area contributed by atoms with E-state index in [4.69, 9.17) is 9.15 Å². The molecule has 0 bridgehead atoms. The molecule has 2 aliphatic carbocycles. The van der Waals surface area contributed by atoms with Gasteiger partial charge in [0.2, 0.25) is 0 Å². The van der Waals surface area contributed by atoms with Crippen LogP contribution in [0.4, 0.5) is 0 Å². The van der Waals surface area contributed by atoms with Crippen LogP contribution < -0.4 is 0 Å². The lowest BCUT2D eigenvalue weighted by Crippen LogP contribution is -2.59. The van der Waals surface area contributed by atoms with E-state index in [2.05, 4.69) is 0 Å². The molecule has 1 aliphatic heterocycles. The van der Waals surface area contributed by atoms with E-state index in [1.165, 1.54) is 6.08 Å². The summed E-state index contributed by atoms with van der Waals surface area (Å²) >= 11 is 0. The molecule has 4 rings (SSSR count). The van der Waals surface area contributed by atoms with Gasteiger partial charge in [0.05, 0.1) is 23.5 Å². The number of rotatable bonds is 1. The molecule has 1 N–H and O–H groups in total. The molecule has 2 fully saturated rings. The number of ether oxygens (including phenoxy) is 1. The summed E-state index contributed by atoms with van der Waals surface area (Å²) in [6.45, 7) is 3.83. The third-order valence-corrected chi connectivity index (χ3v) is 6.57. The van der Waals surface area contributed by atoms with Gasteiger partial charge in [-0.05, 0) is 43.4 Å². The molecule has 5 atom stereocenters. The van der Waals surface area contributed by atoms with E-state index >= 15 is 0 Å². The van der Waals surface area contributed by atoms with E-state index in [1.54, 1.807) is 25.5 Å². The zero-order valence-corrected chi connectivity index (χ0v) is 14.0. The second-order valence-electron chi connectivity index (χ2n) is 7.61. The van der Waals surface area contributed by atoms with Crippen molar-refractivity contribution in [2.24, 2.45) is 17.3 Å². The molecule has 5 nitrogen and oxygen atoms in total. The molecule has 3 aliphatic rings. The van der Waals surface area contributed by atoms with Crippen LogP contribution in [0, 0.1) is 17.3 Å². The molecule has 0 aromatic carbocycles. The average Bonchev–Trinajstić information content (AvgIpc) is 3.16. The molecule has 1 aromatic rings. The van der Waals surface area contributed by atoms with E-state index < -0.39 is 16.9 Å². The first-order valence-corrected chi connectivity index (χ1v) is 8.55. The first-order chi connectivity index (χ1) is 11.4. The van der Waals surface area contributed by atoms with Crippen molar-refractivity contribution in [1.29, 1.82) is 0 Å². The number of aliphatic hydroxyl groups is 1. The second kappa shape index (κ2) is 5.06. The third kappa shape index (κ3) is 1.91. The van der Waals surface area contributed by atoms with Gasteiger partial charge >= 0.3 is 5.97 Å². The van der Waals surface area contributed by atoms with Gasteiger partial charge in [-0.2, -0.15) is 0 Å². The highest BCUT2D eigenvalue weighted by atomic mass is 16.6. The zero-order chi connectivity index (χ0) is 17.1. The fourth-order valence-electron chi connectivity index (χ4n) is 5.09. The maximum absolute atomic E-state index is 13.0. The average molecular weight is 330 g/mol. The second-order valence-corrected chi connectivity index (χ2v) is 7.61. The van der Waals surface area contributed by atoms with E-state index in [1.807, 2.05) is 6.92 Å². The van der Waals surface area contributed by atoms with Gasteiger partial charge in [-0.1, -0.05) is 6.92 Å². The molecule has 2 heterocycles. The van der Waals surface area contributed by atoms with Gasteiger partial charge < -0.3 is 14.3 Å². The van der Waals surface area contributed by atoms with Gasteiger partial charge in [-0.25, -0.2) is 0 Å². The Morgan fingerprint density at radius 3 is 2.83 bits per heavy atom. The van der Waals surface area contributed by atoms with Crippen molar-refractivity contribution >= 4 is 11.8 Å². The predicted molar refractivity (Wildman–Crippen MR) is 84.8 cm³/mol. The summed E-state index contributed by atoms with van der Waals surface area (Å²) in [7, 11) is 0. The molecular formula is C19H22O5. The Morgan fingerprint density at radius 1 is 1.33 bits per heavy atom. The highest BCUT2D eigenvalue weighted by Gasteiger charge is 2.66. The fourth-order valence-corrected chi connectivity index (χ4v) is 5.09. The minimum absolute atomic E-state index is 0.0183. The SMILES string of the molecule is CC1=CC(=O)C[C@H]2[C@@]3(C[C@H](c4ccoc4)OC3=O)[C@@H](C)CC[C@]12O. The van der Waals surface area contributed by atoms with E-state index in [-0.39, 0.29) is 30.2 Å². The Labute approximate surface area is 140 Å². The number of cyclic esters (lactones) is 1. The number of ketones is 1. The zero-order valence-electron chi connectivity index (χ0n) is 14.0. The Kier molecular flexibility index (Phi) is 3.29. The smallest absolute Gasteiger partial charge is 0.313 e. The monoisotopic (exact) mass is 330 g/mol. The van der Waals surface area contributed by atoms with Gasteiger partial charge in [0.1, 0.15) is 6.10 Å². The molecular weight excluding hydrogens is 308 g/mol. The lowest BCUT2D eigenvalue weighted by atomic mass is 9.50. The van der Waals surface area contributed by atoms with Gasteiger partial charge in [-0.3, -0.25) is 9.59 Å².